The van der Waals surface area contributed by atoms with Crippen molar-refractivity contribution in [1.29, 1.82) is 0 Å². The molecule has 6 heteroatoms. The molecule has 5 fully saturated rings. The van der Waals surface area contributed by atoms with Crippen LogP contribution in [-0.2, 0) is 16.0 Å². The molecular weight excluding hydrogens is 431 g/mol. The molecule has 0 radical (unpaired) electrons. The number of halogens is 1. The molecule has 1 aliphatic heterocycles. The molecule has 1 heterocycles. The van der Waals surface area contributed by atoms with E-state index in [0.717, 1.165) is 23.3 Å². The first-order valence-electron chi connectivity index (χ1n) is 13.1. The van der Waals surface area contributed by atoms with E-state index in [1.165, 1.54) is 51.7 Å². The van der Waals surface area contributed by atoms with Gasteiger partial charge in [-0.1, -0.05) is 6.07 Å². The Morgan fingerprint density at radius 3 is 2.38 bits per heavy atom. The van der Waals surface area contributed by atoms with E-state index in [0.29, 0.717) is 32.1 Å². The number of methoxy groups -OCH3 is 1. The van der Waals surface area contributed by atoms with Crippen LogP contribution in [0.5, 0.6) is 5.75 Å². The average Bonchev–Trinajstić information content (AvgIpc) is 3.13. The molecule has 34 heavy (non-hydrogen) atoms. The van der Waals surface area contributed by atoms with Gasteiger partial charge in [-0.05, 0) is 112 Å². The van der Waals surface area contributed by atoms with Crippen LogP contribution in [0.1, 0.15) is 83.6 Å². The molecule has 1 saturated heterocycles. The topological polar surface area (TPSA) is 67.4 Å². The van der Waals surface area contributed by atoms with E-state index < -0.39 is 11.4 Å². The smallest absolute Gasteiger partial charge is 0.220 e. The van der Waals surface area contributed by atoms with Crippen molar-refractivity contribution < 1.29 is 18.7 Å². The maximum absolute atomic E-state index is 13.9. The number of ether oxygens (including phenoxy) is 1. The van der Waals surface area contributed by atoms with Crippen LogP contribution in [0.2, 0.25) is 0 Å². The first-order valence-corrected chi connectivity index (χ1v) is 13.1. The Labute approximate surface area is 202 Å². The minimum absolute atomic E-state index is 0.0170. The van der Waals surface area contributed by atoms with E-state index in [2.05, 4.69) is 24.5 Å². The summed E-state index contributed by atoms with van der Waals surface area (Å²) in [5.41, 5.74) is 0.412. The van der Waals surface area contributed by atoms with Gasteiger partial charge in [-0.25, -0.2) is 4.39 Å². The fraction of sp³-hybridized carbons (Fsp3) is 0.714. The Balaban J connectivity index is 1.25. The van der Waals surface area contributed by atoms with Crippen LogP contribution in [0.15, 0.2) is 18.2 Å². The van der Waals surface area contributed by atoms with E-state index in [4.69, 9.17) is 4.74 Å². The summed E-state index contributed by atoms with van der Waals surface area (Å²) in [5, 5.41) is 6.58. The van der Waals surface area contributed by atoms with Crippen molar-refractivity contribution in [2.24, 2.45) is 23.2 Å². The van der Waals surface area contributed by atoms with Gasteiger partial charge in [0.15, 0.2) is 11.6 Å². The normalized spacial score (nSPS) is 34.2. The highest BCUT2D eigenvalue weighted by Gasteiger charge is 2.57. The molecule has 1 unspecified atom stereocenters. The third-order valence-electron chi connectivity index (χ3n) is 9.64. The van der Waals surface area contributed by atoms with Crippen molar-refractivity contribution in [2.45, 2.75) is 95.6 Å². The van der Waals surface area contributed by atoms with Gasteiger partial charge in [0.25, 0.3) is 0 Å². The van der Waals surface area contributed by atoms with Crippen LogP contribution in [0.4, 0.5) is 4.39 Å². The zero-order valence-corrected chi connectivity index (χ0v) is 20.8. The van der Waals surface area contributed by atoms with Gasteiger partial charge < -0.3 is 15.4 Å². The van der Waals surface area contributed by atoms with Crippen LogP contribution in [0.3, 0.4) is 0 Å². The van der Waals surface area contributed by atoms with Gasteiger partial charge in [0.2, 0.25) is 11.8 Å². The molecule has 4 aliphatic carbocycles. The van der Waals surface area contributed by atoms with Crippen LogP contribution in [0.25, 0.3) is 0 Å². The lowest BCUT2D eigenvalue weighted by Crippen LogP contribution is -2.62. The summed E-state index contributed by atoms with van der Waals surface area (Å²) < 4.78 is 19.0. The molecule has 1 atom stereocenters. The largest absolute Gasteiger partial charge is 0.494 e. The lowest BCUT2D eigenvalue weighted by molar-refractivity contribution is -0.133. The van der Waals surface area contributed by atoms with Crippen LogP contribution in [0, 0.1) is 29.0 Å². The average molecular weight is 471 g/mol. The molecule has 1 aromatic carbocycles. The molecule has 1 aromatic rings. The molecule has 2 amide bonds. The number of hydrogen-bond acceptors (Lipinski definition) is 3. The maximum atomic E-state index is 13.9. The molecule has 0 spiro atoms. The summed E-state index contributed by atoms with van der Waals surface area (Å²) in [6.45, 7) is 4.46. The maximum Gasteiger partial charge on any atom is 0.220 e. The van der Waals surface area contributed by atoms with Crippen molar-refractivity contribution in [3.63, 3.8) is 0 Å². The predicted molar refractivity (Wildman–Crippen MR) is 129 cm³/mol. The highest BCUT2D eigenvalue weighted by molar-refractivity contribution is 5.80. The zero-order chi connectivity index (χ0) is 24.1. The SMILES string of the molecule is COc1cc(CC2(CCC(=O)NC(C)(C)C34CC5CC(CC(C5)C3)C4)CCC(=O)N2)ccc1F. The highest BCUT2D eigenvalue weighted by Crippen LogP contribution is 2.63. The number of benzene rings is 1. The summed E-state index contributed by atoms with van der Waals surface area (Å²) in [5.74, 6) is 2.40. The Hall–Kier alpha value is -2.11. The number of hydrogen-bond donors (Lipinski definition) is 2. The van der Waals surface area contributed by atoms with Crippen molar-refractivity contribution >= 4 is 11.8 Å². The van der Waals surface area contributed by atoms with Crippen LogP contribution >= 0.6 is 0 Å². The molecule has 2 N–H and O–H groups in total. The van der Waals surface area contributed by atoms with Gasteiger partial charge in [0, 0.05) is 23.9 Å². The predicted octanol–water partition coefficient (Wildman–Crippen LogP) is 4.92. The van der Waals surface area contributed by atoms with Gasteiger partial charge >= 0.3 is 0 Å². The lowest BCUT2D eigenvalue weighted by atomic mass is 9.45. The van der Waals surface area contributed by atoms with Crippen molar-refractivity contribution in [3.8, 4) is 5.75 Å². The number of carbonyl (C=O) groups is 2. The monoisotopic (exact) mass is 470 g/mol. The summed E-state index contributed by atoms with van der Waals surface area (Å²) in [4.78, 5) is 25.4. The summed E-state index contributed by atoms with van der Waals surface area (Å²) >= 11 is 0. The third-order valence-corrected chi connectivity index (χ3v) is 9.64. The third kappa shape index (κ3) is 4.33. The number of rotatable bonds is 8. The van der Waals surface area contributed by atoms with Gasteiger partial charge in [-0.15, -0.1) is 0 Å². The quantitative estimate of drug-likeness (QED) is 0.567. The van der Waals surface area contributed by atoms with E-state index in [9.17, 15) is 14.0 Å². The first kappa shape index (κ1) is 23.6. The fourth-order valence-corrected chi connectivity index (χ4v) is 8.16. The standard InChI is InChI=1S/C28H39FN2O3/c1-26(2,27-14-19-10-20(15-27)12-21(11-19)16-27)30-24(32)6-8-28(9-7-25(33)31-28)17-18-4-5-22(29)23(13-18)34-3/h4-5,13,19-21H,6-12,14-17H2,1-3H3,(H,30,32)(H,31,33). The van der Waals surface area contributed by atoms with Gasteiger partial charge in [0.1, 0.15) is 0 Å². The van der Waals surface area contributed by atoms with Crippen molar-refractivity contribution in [2.75, 3.05) is 7.11 Å². The van der Waals surface area contributed by atoms with Crippen LogP contribution < -0.4 is 15.4 Å². The van der Waals surface area contributed by atoms with Crippen molar-refractivity contribution in [1.82, 2.24) is 10.6 Å². The Morgan fingerprint density at radius 2 is 1.82 bits per heavy atom. The van der Waals surface area contributed by atoms with Gasteiger partial charge in [-0.2, -0.15) is 0 Å². The van der Waals surface area contributed by atoms with Gasteiger partial charge in [-0.3, -0.25) is 9.59 Å². The summed E-state index contributed by atoms with van der Waals surface area (Å²) in [7, 11) is 1.45. The number of amides is 2. The summed E-state index contributed by atoms with van der Waals surface area (Å²) in [6, 6.07) is 4.83. The van der Waals surface area contributed by atoms with Gasteiger partial charge in [0.05, 0.1) is 7.11 Å². The molecule has 4 saturated carbocycles. The van der Waals surface area contributed by atoms with E-state index >= 15 is 0 Å². The van der Waals surface area contributed by atoms with Crippen LogP contribution in [-0.4, -0.2) is 30.0 Å². The summed E-state index contributed by atoms with van der Waals surface area (Å²) in [6.07, 6.45) is 10.5. The highest BCUT2D eigenvalue weighted by atomic mass is 19.1. The number of nitrogens with one attached hydrogen (secondary N) is 2. The second-order valence-corrected chi connectivity index (χ2v) is 12.3. The lowest BCUT2D eigenvalue weighted by Gasteiger charge is -2.62. The molecule has 186 valence electrons. The van der Waals surface area contributed by atoms with E-state index in [1.807, 2.05) is 0 Å². The fourth-order valence-electron chi connectivity index (χ4n) is 8.16. The van der Waals surface area contributed by atoms with Crippen molar-refractivity contribution in [3.05, 3.63) is 29.6 Å². The molecule has 5 aliphatic rings. The second kappa shape index (κ2) is 8.53. The second-order valence-electron chi connectivity index (χ2n) is 12.3. The Morgan fingerprint density at radius 1 is 1.18 bits per heavy atom. The zero-order valence-electron chi connectivity index (χ0n) is 20.8. The Bertz CT molecular complexity index is 939. The minimum Gasteiger partial charge on any atom is -0.494 e. The molecule has 4 bridgehead atoms. The van der Waals surface area contributed by atoms with E-state index in [-0.39, 0.29) is 28.5 Å². The van der Waals surface area contributed by atoms with E-state index in [1.54, 1.807) is 12.1 Å². The number of carbonyl (C=O) groups excluding carboxylic acids is 2. The molecular formula is C28H39FN2O3. The minimum atomic E-state index is -0.484. The Kier molecular flexibility index (Phi) is 5.92. The first-order chi connectivity index (χ1) is 16.1. The molecule has 6 rings (SSSR count). The molecule has 0 aromatic heterocycles. The molecule has 5 nitrogen and oxygen atoms in total.